The van der Waals surface area contributed by atoms with E-state index in [1.54, 1.807) is 19.1 Å². The fourth-order valence-corrected chi connectivity index (χ4v) is 2.72. The summed E-state index contributed by atoms with van der Waals surface area (Å²) < 4.78 is 41.2. The molecule has 0 fully saturated rings. The third kappa shape index (κ3) is 9.11. The summed E-state index contributed by atoms with van der Waals surface area (Å²) in [7, 11) is 0. The van der Waals surface area contributed by atoms with Gasteiger partial charge in [0.1, 0.15) is 0 Å². The van der Waals surface area contributed by atoms with Crippen LogP contribution in [0.3, 0.4) is 0 Å². The molecule has 192 valence electrons. The molecule has 0 aliphatic heterocycles. The Morgan fingerprint density at radius 3 is 2.23 bits per heavy atom. The summed E-state index contributed by atoms with van der Waals surface area (Å²) >= 11 is 0. The number of anilines is 1. The van der Waals surface area contributed by atoms with Gasteiger partial charge in [-0.25, -0.2) is 14.6 Å². The summed E-state index contributed by atoms with van der Waals surface area (Å²) in [4.78, 5) is 24.0. The first-order chi connectivity index (χ1) is 16.7. The van der Waals surface area contributed by atoms with Gasteiger partial charge in [-0.05, 0) is 24.6 Å². The highest BCUT2D eigenvalue weighted by Crippen LogP contribution is 2.33. The second-order valence-electron chi connectivity index (χ2n) is 7.50. The van der Waals surface area contributed by atoms with E-state index in [-0.39, 0.29) is 29.2 Å². The summed E-state index contributed by atoms with van der Waals surface area (Å²) in [5.41, 5.74) is -0.435. The normalized spacial score (nSPS) is 11.5. The van der Waals surface area contributed by atoms with Crippen molar-refractivity contribution >= 4 is 11.7 Å². The minimum absolute atomic E-state index is 0.109. The Kier molecular flexibility index (Phi) is 12.6. The molecule has 0 saturated heterocycles. The number of carbonyl (C=O) groups excluding carboxylic acids is 1. The molecule has 3 heterocycles. The zero-order valence-corrected chi connectivity index (χ0v) is 21.2. The lowest BCUT2D eigenvalue weighted by Gasteiger charge is -2.11. The Morgan fingerprint density at radius 1 is 1.06 bits per heavy atom. The molecule has 3 aromatic heterocycles. The number of hydrogen-bond acceptors (Lipinski definition) is 5. The maximum atomic E-state index is 13.5. The molecule has 1 unspecified atom stereocenters. The number of nitrogens with one attached hydrogen (secondary N) is 1. The van der Waals surface area contributed by atoms with Crippen molar-refractivity contribution in [3.8, 4) is 17.1 Å². The Balaban J connectivity index is 0.000000926. The van der Waals surface area contributed by atoms with Crippen LogP contribution in [0, 0.1) is 5.92 Å². The van der Waals surface area contributed by atoms with Crippen LogP contribution in [0.1, 0.15) is 72.9 Å². The number of alkyl halides is 3. The number of unbranched alkanes of at least 4 members (excludes halogenated alkanes) is 1. The number of nitrogens with zero attached hydrogens (tertiary/aromatic N) is 5. The monoisotopic (exact) mass is 492 g/mol. The first-order valence-electron chi connectivity index (χ1n) is 11.9. The average molecular weight is 493 g/mol. The molecule has 35 heavy (non-hydrogen) atoms. The number of pyridine rings is 1. The second-order valence-corrected chi connectivity index (χ2v) is 7.50. The lowest BCUT2D eigenvalue weighted by Crippen LogP contribution is -2.21. The topological polar surface area (TPSA) is 85.6 Å². The van der Waals surface area contributed by atoms with Gasteiger partial charge in [-0.2, -0.15) is 18.3 Å². The standard InChI is InChI=1S/C19H19F3N6O.C4H10.C2H6/c1-3-5-12(2)18(29)26-16-10-25-17(11-24-16)28-15(19(20,21)22)8-14(27-28)13-6-4-7-23-9-13;1-3-4-2;1-2/h4,6-12H,3,5H2,1-2H3,(H,24,26,29);3-4H2,1-2H3;1-2H3. The number of halogens is 3. The first kappa shape index (κ1) is 29.7. The predicted octanol–water partition coefficient (Wildman–Crippen LogP) is 6.95. The van der Waals surface area contributed by atoms with Crippen LogP contribution in [0.2, 0.25) is 0 Å². The van der Waals surface area contributed by atoms with Crippen LogP contribution < -0.4 is 5.32 Å². The van der Waals surface area contributed by atoms with E-state index in [9.17, 15) is 18.0 Å². The Morgan fingerprint density at radius 2 is 1.74 bits per heavy atom. The minimum Gasteiger partial charge on any atom is -0.309 e. The zero-order valence-electron chi connectivity index (χ0n) is 21.2. The number of carbonyl (C=O) groups is 1. The number of rotatable bonds is 7. The summed E-state index contributed by atoms with van der Waals surface area (Å²) in [6.07, 6.45) is 4.86. The van der Waals surface area contributed by atoms with Gasteiger partial charge in [0, 0.05) is 23.9 Å². The van der Waals surface area contributed by atoms with Gasteiger partial charge in [0.05, 0.1) is 18.1 Å². The second kappa shape index (κ2) is 14.9. The molecule has 0 aromatic carbocycles. The molecular formula is C25H35F3N6O. The fourth-order valence-electron chi connectivity index (χ4n) is 2.72. The van der Waals surface area contributed by atoms with E-state index in [1.165, 1.54) is 31.4 Å². The number of aromatic nitrogens is 5. The molecule has 3 aromatic rings. The predicted molar refractivity (Wildman–Crippen MR) is 132 cm³/mol. The van der Waals surface area contributed by atoms with E-state index in [0.717, 1.165) is 25.1 Å². The van der Waals surface area contributed by atoms with Crippen molar-refractivity contribution in [3.05, 3.63) is 48.7 Å². The molecule has 0 aliphatic carbocycles. The van der Waals surface area contributed by atoms with Gasteiger partial charge in [-0.15, -0.1) is 0 Å². The lowest BCUT2D eigenvalue weighted by atomic mass is 10.1. The molecule has 0 bridgehead atoms. The lowest BCUT2D eigenvalue weighted by molar-refractivity contribution is -0.142. The van der Waals surface area contributed by atoms with Gasteiger partial charge in [-0.1, -0.05) is 60.8 Å². The largest absolute Gasteiger partial charge is 0.433 e. The molecule has 1 atom stereocenters. The Bertz CT molecular complexity index is 1000. The third-order valence-electron chi connectivity index (χ3n) is 4.73. The highest BCUT2D eigenvalue weighted by atomic mass is 19.4. The summed E-state index contributed by atoms with van der Waals surface area (Å²) in [5.74, 6) is -0.378. The van der Waals surface area contributed by atoms with Gasteiger partial charge < -0.3 is 5.32 Å². The van der Waals surface area contributed by atoms with Gasteiger partial charge in [0.2, 0.25) is 5.91 Å². The molecule has 1 N–H and O–H groups in total. The third-order valence-corrected chi connectivity index (χ3v) is 4.73. The molecule has 7 nitrogen and oxygen atoms in total. The molecule has 0 spiro atoms. The Labute approximate surface area is 205 Å². The molecule has 0 aliphatic rings. The van der Waals surface area contributed by atoms with Crippen molar-refractivity contribution in [2.45, 2.75) is 73.4 Å². The average Bonchev–Trinajstić information content (AvgIpc) is 3.33. The summed E-state index contributed by atoms with van der Waals surface area (Å²) in [6, 6.07) is 4.15. The van der Waals surface area contributed by atoms with E-state index >= 15 is 0 Å². The number of hydrogen-bond donors (Lipinski definition) is 1. The first-order valence-corrected chi connectivity index (χ1v) is 11.9. The smallest absolute Gasteiger partial charge is 0.309 e. The van der Waals surface area contributed by atoms with Crippen molar-refractivity contribution in [1.29, 1.82) is 0 Å². The van der Waals surface area contributed by atoms with Crippen LogP contribution >= 0.6 is 0 Å². The SMILES string of the molecule is CC.CCCC.CCCC(C)C(=O)Nc1cnc(-n2nc(-c3cccnc3)cc2C(F)(F)F)cn1. The Hall–Kier alpha value is -3.30. The van der Waals surface area contributed by atoms with Gasteiger partial charge in [0.15, 0.2) is 17.3 Å². The quantitative estimate of drug-likeness (QED) is 0.386. The van der Waals surface area contributed by atoms with E-state index < -0.39 is 11.9 Å². The van der Waals surface area contributed by atoms with Crippen molar-refractivity contribution in [2.24, 2.45) is 5.92 Å². The number of amides is 1. The minimum atomic E-state index is -4.64. The van der Waals surface area contributed by atoms with Crippen LogP contribution in [-0.2, 0) is 11.0 Å². The molecular weight excluding hydrogens is 457 g/mol. The van der Waals surface area contributed by atoms with Crippen LogP contribution in [-0.4, -0.2) is 30.6 Å². The van der Waals surface area contributed by atoms with Crippen LogP contribution in [0.25, 0.3) is 17.1 Å². The summed E-state index contributed by atoms with van der Waals surface area (Å²) in [6.45, 7) is 12.1. The van der Waals surface area contributed by atoms with Crippen molar-refractivity contribution in [1.82, 2.24) is 24.7 Å². The van der Waals surface area contributed by atoms with E-state index in [4.69, 9.17) is 0 Å². The van der Waals surface area contributed by atoms with E-state index in [1.807, 2.05) is 20.8 Å². The zero-order chi connectivity index (χ0) is 26.4. The maximum Gasteiger partial charge on any atom is 0.433 e. The molecule has 1 amide bonds. The van der Waals surface area contributed by atoms with E-state index in [2.05, 4.69) is 39.2 Å². The highest BCUT2D eigenvalue weighted by molar-refractivity contribution is 5.91. The molecule has 10 heteroatoms. The van der Waals surface area contributed by atoms with Crippen LogP contribution in [0.4, 0.5) is 19.0 Å². The van der Waals surface area contributed by atoms with Crippen LogP contribution in [0.15, 0.2) is 43.0 Å². The van der Waals surface area contributed by atoms with Crippen molar-refractivity contribution in [2.75, 3.05) is 5.32 Å². The van der Waals surface area contributed by atoms with Gasteiger partial charge in [0.25, 0.3) is 0 Å². The van der Waals surface area contributed by atoms with Gasteiger partial charge >= 0.3 is 6.18 Å². The molecule has 3 rings (SSSR count). The molecule has 0 saturated carbocycles. The molecule has 0 radical (unpaired) electrons. The maximum absolute atomic E-state index is 13.5. The fraction of sp³-hybridized carbons (Fsp3) is 0.480. The highest BCUT2D eigenvalue weighted by Gasteiger charge is 2.37. The van der Waals surface area contributed by atoms with Crippen molar-refractivity contribution in [3.63, 3.8) is 0 Å². The summed E-state index contributed by atoms with van der Waals surface area (Å²) in [5, 5.41) is 6.64. The van der Waals surface area contributed by atoms with E-state index in [0.29, 0.717) is 10.2 Å². The van der Waals surface area contributed by atoms with Gasteiger partial charge in [-0.3, -0.25) is 9.78 Å². The van der Waals surface area contributed by atoms with Crippen molar-refractivity contribution < 1.29 is 18.0 Å². The van der Waals surface area contributed by atoms with Crippen LogP contribution in [0.5, 0.6) is 0 Å².